The molecule has 2 fully saturated rings. The molecule has 1 aromatic heterocycles. The van der Waals surface area contributed by atoms with Crippen LogP contribution < -0.4 is 4.87 Å². The van der Waals surface area contributed by atoms with Crippen LogP contribution in [0.15, 0.2) is 34.1 Å². The molecule has 2 saturated carbocycles. The molecule has 6 heteroatoms. The highest BCUT2D eigenvalue weighted by molar-refractivity contribution is 8.00. The number of thioether (sulfide) groups is 1. The normalized spacial score (nSPS) is 32.3. The van der Waals surface area contributed by atoms with Gasteiger partial charge in [-0.3, -0.25) is 4.79 Å². The highest BCUT2D eigenvalue weighted by Crippen LogP contribution is 2.63. The Morgan fingerprint density at radius 2 is 1.96 bits per heavy atom. The van der Waals surface area contributed by atoms with Crippen molar-refractivity contribution in [2.75, 3.05) is 7.11 Å². The summed E-state index contributed by atoms with van der Waals surface area (Å²) in [6, 6.07) is 7.79. The predicted octanol–water partition coefficient (Wildman–Crippen LogP) is 3.88. The number of aromatic amines is 1. The summed E-state index contributed by atoms with van der Waals surface area (Å²) in [5.41, 5.74) is 1.79. The maximum atomic E-state index is 12.0. The fourth-order valence-electron chi connectivity index (χ4n) is 5.17. The van der Waals surface area contributed by atoms with Gasteiger partial charge in [-0.25, -0.2) is 4.79 Å². The van der Waals surface area contributed by atoms with Gasteiger partial charge in [0.2, 0.25) is 0 Å². The molecule has 0 spiro atoms. The molecule has 1 aliphatic heterocycles. The number of esters is 1. The number of methoxy groups -OCH3 is 1. The molecule has 0 saturated heterocycles. The maximum Gasteiger partial charge on any atom is 0.337 e. The van der Waals surface area contributed by atoms with Crippen molar-refractivity contribution in [1.29, 1.82) is 0 Å². The van der Waals surface area contributed by atoms with E-state index in [-0.39, 0.29) is 16.8 Å². The molecule has 5 atom stereocenters. The van der Waals surface area contributed by atoms with Crippen molar-refractivity contribution in [2.45, 2.75) is 35.5 Å². The van der Waals surface area contributed by atoms with Crippen LogP contribution in [0.3, 0.4) is 0 Å². The number of benzene rings is 1. The third-order valence-electron chi connectivity index (χ3n) is 6.16. The second-order valence-electron chi connectivity index (χ2n) is 7.29. The van der Waals surface area contributed by atoms with Gasteiger partial charge in [0.25, 0.3) is 0 Å². The SMILES string of the molecule is COC(=O)c1ccc([C@H]2c3sc(=O)[nH]c3S[C@H]3[C@@H]4CC[C@H](C4)[C@@H]23)cc1. The summed E-state index contributed by atoms with van der Waals surface area (Å²) in [7, 11) is 1.40. The molecule has 3 aliphatic rings. The average molecular weight is 373 g/mol. The Morgan fingerprint density at radius 1 is 1.20 bits per heavy atom. The number of fused-ring (bicyclic) bond motifs is 6. The maximum absolute atomic E-state index is 12.0. The van der Waals surface area contributed by atoms with Gasteiger partial charge in [0.1, 0.15) is 0 Å². The number of ether oxygens (including phenoxy) is 1. The first-order chi connectivity index (χ1) is 12.2. The monoisotopic (exact) mass is 373 g/mol. The first-order valence-electron chi connectivity index (χ1n) is 8.73. The van der Waals surface area contributed by atoms with E-state index in [2.05, 4.69) is 4.98 Å². The smallest absolute Gasteiger partial charge is 0.337 e. The Bertz CT molecular complexity index is 885. The van der Waals surface area contributed by atoms with Crippen molar-refractivity contribution in [3.63, 3.8) is 0 Å². The standard InChI is InChI=1S/C19H19NO3S2/c1-23-18(21)10-4-2-9(3-5-10)13-14-11-6-7-12(8-11)15(14)24-17-16(13)25-19(22)20-17/h2-5,11-15H,6-8H2,1H3,(H,20,22)/t11-,12-,13-,14+,15+/m1/s1. The molecule has 2 aromatic rings. The molecule has 2 heterocycles. The zero-order valence-corrected chi connectivity index (χ0v) is 15.5. The molecule has 5 rings (SSSR count). The lowest BCUT2D eigenvalue weighted by Gasteiger charge is -2.40. The number of thiazole rings is 1. The van der Waals surface area contributed by atoms with Crippen LogP contribution in [-0.2, 0) is 4.74 Å². The Hall–Kier alpha value is -1.53. The third kappa shape index (κ3) is 2.34. The first-order valence-corrected chi connectivity index (χ1v) is 10.4. The van der Waals surface area contributed by atoms with Gasteiger partial charge in [-0.2, -0.15) is 0 Å². The zero-order chi connectivity index (χ0) is 17.1. The van der Waals surface area contributed by atoms with Gasteiger partial charge in [0, 0.05) is 16.0 Å². The Kier molecular flexibility index (Phi) is 3.61. The minimum atomic E-state index is -0.310. The van der Waals surface area contributed by atoms with Gasteiger partial charge in [0.15, 0.2) is 0 Å². The molecular formula is C19H19NO3S2. The number of aromatic nitrogens is 1. The summed E-state index contributed by atoms with van der Waals surface area (Å²) in [4.78, 5) is 28.0. The molecule has 130 valence electrons. The molecule has 0 unspecified atom stereocenters. The number of nitrogens with one attached hydrogen (secondary N) is 1. The lowest BCUT2D eigenvalue weighted by molar-refractivity contribution is 0.0600. The molecule has 1 N–H and O–H groups in total. The summed E-state index contributed by atoms with van der Waals surface area (Å²) < 4.78 is 4.80. The Labute approximate surface area is 154 Å². The van der Waals surface area contributed by atoms with Crippen LogP contribution >= 0.6 is 23.1 Å². The van der Waals surface area contributed by atoms with Crippen molar-refractivity contribution in [3.8, 4) is 0 Å². The van der Waals surface area contributed by atoms with Crippen LogP contribution in [-0.4, -0.2) is 23.3 Å². The Morgan fingerprint density at radius 3 is 2.72 bits per heavy atom. The second-order valence-corrected chi connectivity index (χ2v) is 9.50. The fourth-order valence-corrected chi connectivity index (χ4v) is 8.06. The number of rotatable bonds is 2. The number of H-pyrrole nitrogens is 1. The molecule has 2 aliphatic carbocycles. The molecule has 1 aromatic carbocycles. The minimum Gasteiger partial charge on any atom is -0.465 e. The van der Waals surface area contributed by atoms with E-state index in [4.69, 9.17) is 4.74 Å². The van der Waals surface area contributed by atoms with E-state index >= 15 is 0 Å². The van der Waals surface area contributed by atoms with Gasteiger partial charge in [0.05, 0.1) is 17.7 Å². The third-order valence-corrected chi connectivity index (χ3v) is 8.78. The van der Waals surface area contributed by atoms with E-state index in [1.54, 1.807) is 0 Å². The summed E-state index contributed by atoms with van der Waals surface area (Å²) in [5, 5.41) is 1.69. The molecule has 0 radical (unpaired) electrons. The van der Waals surface area contributed by atoms with Crippen LogP contribution in [0.5, 0.6) is 0 Å². The van der Waals surface area contributed by atoms with Crippen LogP contribution in [0.25, 0.3) is 0 Å². The lowest BCUT2D eigenvalue weighted by Crippen LogP contribution is -2.33. The van der Waals surface area contributed by atoms with Gasteiger partial charge >= 0.3 is 10.8 Å². The minimum absolute atomic E-state index is 0.0426. The summed E-state index contributed by atoms with van der Waals surface area (Å²) >= 11 is 3.26. The van der Waals surface area contributed by atoms with Crippen LogP contribution in [0.4, 0.5) is 0 Å². The highest BCUT2D eigenvalue weighted by Gasteiger charge is 2.54. The van der Waals surface area contributed by atoms with E-state index in [9.17, 15) is 9.59 Å². The molecular weight excluding hydrogens is 354 g/mol. The lowest BCUT2D eigenvalue weighted by atomic mass is 9.75. The number of hydrogen-bond donors (Lipinski definition) is 1. The van der Waals surface area contributed by atoms with E-state index < -0.39 is 0 Å². The van der Waals surface area contributed by atoms with E-state index in [1.807, 2.05) is 36.0 Å². The van der Waals surface area contributed by atoms with Gasteiger partial charge in [-0.15, -0.1) is 11.8 Å². The number of carbonyl (C=O) groups excluding carboxylic acids is 1. The van der Waals surface area contributed by atoms with Gasteiger partial charge < -0.3 is 9.72 Å². The van der Waals surface area contributed by atoms with E-state index in [0.717, 1.165) is 16.9 Å². The van der Waals surface area contributed by atoms with E-state index in [1.165, 1.54) is 48.1 Å². The van der Waals surface area contributed by atoms with Crippen molar-refractivity contribution < 1.29 is 9.53 Å². The fraction of sp³-hybridized carbons (Fsp3) is 0.474. The summed E-state index contributed by atoms with van der Waals surface area (Å²) in [6.45, 7) is 0. The summed E-state index contributed by atoms with van der Waals surface area (Å²) in [5.74, 6) is 2.11. The molecule has 0 amide bonds. The van der Waals surface area contributed by atoms with Crippen molar-refractivity contribution in [1.82, 2.24) is 4.98 Å². The van der Waals surface area contributed by atoms with Crippen molar-refractivity contribution in [2.24, 2.45) is 17.8 Å². The van der Waals surface area contributed by atoms with Crippen LogP contribution in [0.1, 0.15) is 46.0 Å². The van der Waals surface area contributed by atoms with Crippen LogP contribution in [0, 0.1) is 17.8 Å². The number of carbonyl (C=O) groups is 1. The van der Waals surface area contributed by atoms with Gasteiger partial charge in [-0.05, 0) is 54.7 Å². The van der Waals surface area contributed by atoms with Crippen molar-refractivity contribution >= 4 is 29.1 Å². The molecule has 25 heavy (non-hydrogen) atoms. The first kappa shape index (κ1) is 15.7. The van der Waals surface area contributed by atoms with Crippen molar-refractivity contribution in [3.05, 3.63) is 49.9 Å². The summed E-state index contributed by atoms with van der Waals surface area (Å²) in [6.07, 6.45) is 3.98. The van der Waals surface area contributed by atoms with Gasteiger partial charge in [-0.1, -0.05) is 23.5 Å². The number of hydrogen-bond acceptors (Lipinski definition) is 5. The topological polar surface area (TPSA) is 59.2 Å². The average Bonchev–Trinajstić information content (AvgIpc) is 3.33. The molecule has 4 nitrogen and oxygen atoms in total. The van der Waals surface area contributed by atoms with Crippen LogP contribution in [0.2, 0.25) is 0 Å². The Balaban J connectivity index is 1.60. The second kappa shape index (κ2) is 5.74. The van der Waals surface area contributed by atoms with E-state index in [0.29, 0.717) is 16.7 Å². The zero-order valence-electron chi connectivity index (χ0n) is 13.9. The molecule has 2 bridgehead atoms. The quantitative estimate of drug-likeness (QED) is 0.812. The highest BCUT2D eigenvalue weighted by atomic mass is 32.2. The predicted molar refractivity (Wildman–Crippen MR) is 98.5 cm³/mol. The largest absolute Gasteiger partial charge is 0.465 e.